The molecule has 2 aliphatic heterocycles. The Bertz CT molecular complexity index is 1550. The molecule has 0 saturated carbocycles. The van der Waals surface area contributed by atoms with Crippen LogP contribution in [0.15, 0.2) is 49.1 Å². The molecule has 2 atom stereocenters. The molecule has 2 saturated heterocycles. The lowest BCUT2D eigenvalue weighted by Gasteiger charge is -2.36. The Balaban J connectivity index is 1.13. The second-order valence-electron chi connectivity index (χ2n) is 10.5. The molecule has 2 unspecified atom stereocenters. The number of carboxylic acid groups (broad SMARTS) is 1. The average molecular weight is 559 g/mol. The Morgan fingerprint density at radius 3 is 2.78 bits per heavy atom. The topological polar surface area (TPSA) is 140 Å². The molecule has 2 aromatic carbocycles. The highest BCUT2D eigenvalue weighted by Crippen LogP contribution is 2.32. The molecule has 2 amide bonds. The number of amides is 2. The Labute approximate surface area is 237 Å². The lowest BCUT2D eigenvalue weighted by Crippen LogP contribution is -2.54. The van der Waals surface area contributed by atoms with Crippen molar-refractivity contribution in [2.45, 2.75) is 38.3 Å². The van der Waals surface area contributed by atoms with Crippen LogP contribution in [0.25, 0.3) is 21.9 Å². The first-order chi connectivity index (χ1) is 20.0. The van der Waals surface area contributed by atoms with Gasteiger partial charge in [-0.25, -0.2) is 24.5 Å². The molecule has 3 N–H and O–H groups in total. The van der Waals surface area contributed by atoms with Crippen LogP contribution >= 0.6 is 0 Å². The van der Waals surface area contributed by atoms with Crippen LogP contribution in [0.3, 0.4) is 0 Å². The number of benzene rings is 2. The van der Waals surface area contributed by atoms with E-state index < -0.39 is 12.0 Å². The minimum Gasteiger partial charge on any atom is -0.491 e. The third kappa shape index (κ3) is 5.41. The fourth-order valence-electron chi connectivity index (χ4n) is 5.74. The first kappa shape index (κ1) is 26.6. The number of carboxylic acids is 1. The van der Waals surface area contributed by atoms with E-state index in [2.05, 4.69) is 59.3 Å². The molecule has 12 heteroatoms. The monoisotopic (exact) mass is 558 g/mol. The number of aliphatic carboxylic acids is 1. The number of aromatic nitrogens is 4. The molecule has 0 spiro atoms. The summed E-state index contributed by atoms with van der Waals surface area (Å²) < 4.78 is 6.47. The number of hydrogen-bond donors (Lipinski definition) is 3. The van der Waals surface area contributed by atoms with Crippen LogP contribution < -0.4 is 19.9 Å². The number of ether oxygens (including phenoxy) is 1. The lowest BCUT2D eigenvalue weighted by molar-refractivity contribution is -0.139. The molecule has 4 aromatic rings. The van der Waals surface area contributed by atoms with Gasteiger partial charge in [0.05, 0.1) is 12.4 Å². The molecule has 6 rings (SSSR count). The van der Waals surface area contributed by atoms with E-state index in [1.807, 2.05) is 12.1 Å². The molecular weight excluding hydrogens is 524 g/mol. The number of nitrogens with one attached hydrogen (secondary N) is 2. The molecular formula is C29H34N8O4. The van der Waals surface area contributed by atoms with Gasteiger partial charge in [-0.2, -0.15) is 0 Å². The lowest BCUT2D eigenvalue weighted by atomic mass is 10.1. The number of anilines is 2. The molecule has 0 bridgehead atoms. The van der Waals surface area contributed by atoms with Gasteiger partial charge in [0.25, 0.3) is 0 Å². The van der Waals surface area contributed by atoms with Gasteiger partial charge in [-0.3, -0.25) is 0 Å². The van der Waals surface area contributed by atoms with Crippen LogP contribution in [0.5, 0.6) is 5.75 Å². The van der Waals surface area contributed by atoms with Crippen molar-refractivity contribution in [1.29, 1.82) is 0 Å². The van der Waals surface area contributed by atoms with Crippen molar-refractivity contribution in [3.63, 3.8) is 0 Å². The standard InChI is InChI=1S/C29H34N8O4/c1-2-23(28(38)39)34-29(40)36-13-11-35(12-14-36)20-9-8-19-5-3-7-24(22(19)15-20)41-16-21-6-4-10-37(21)27-25-26(31-17-30-25)32-18-33-27/h3,5,7-9,15,17-18,21,23H,2,4,6,10-14,16H2,1H3,(H,34,40)(H,38,39)(H,30,31,32,33). The highest BCUT2D eigenvalue weighted by atomic mass is 16.5. The molecule has 2 aliphatic rings. The number of carbonyl (C=O) groups excluding carboxylic acids is 1. The number of piperazine rings is 1. The van der Waals surface area contributed by atoms with Gasteiger partial charge in [0.15, 0.2) is 11.5 Å². The van der Waals surface area contributed by atoms with Crippen LogP contribution in [-0.4, -0.2) is 93.4 Å². The molecule has 4 heterocycles. The van der Waals surface area contributed by atoms with Gasteiger partial charge in [-0.05, 0) is 42.8 Å². The number of aromatic amines is 1. The highest BCUT2D eigenvalue weighted by Gasteiger charge is 2.29. The van der Waals surface area contributed by atoms with Gasteiger partial charge in [-0.15, -0.1) is 0 Å². The van der Waals surface area contributed by atoms with E-state index in [0.717, 1.165) is 58.6 Å². The minimum absolute atomic E-state index is 0.177. The third-order valence-corrected chi connectivity index (χ3v) is 8.04. The van der Waals surface area contributed by atoms with Crippen LogP contribution in [0, 0.1) is 0 Å². The molecule has 12 nitrogen and oxygen atoms in total. The SMILES string of the molecule is CCC(NC(=O)N1CCN(c2ccc3cccc(OCC4CCCN4c4ncnc5[nH]cnc45)c3c2)CC1)C(=O)O. The largest absolute Gasteiger partial charge is 0.491 e. The maximum atomic E-state index is 12.6. The van der Waals surface area contributed by atoms with Crippen molar-refractivity contribution in [2.24, 2.45) is 0 Å². The average Bonchev–Trinajstić information content (AvgIpc) is 3.68. The summed E-state index contributed by atoms with van der Waals surface area (Å²) in [4.78, 5) is 46.4. The third-order valence-electron chi connectivity index (χ3n) is 8.04. The minimum atomic E-state index is -1.02. The zero-order valence-corrected chi connectivity index (χ0v) is 23.0. The maximum absolute atomic E-state index is 12.6. The number of nitrogens with zero attached hydrogens (tertiary/aromatic N) is 6. The van der Waals surface area contributed by atoms with Crippen LogP contribution in [0.4, 0.5) is 16.3 Å². The molecule has 2 aromatic heterocycles. The number of imidazole rings is 1. The van der Waals surface area contributed by atoms with Crippen molar-refractivity contribution in [3.8, 4) is 5.75 Å². The summed E-state index contributed by atoms with van der Waals surface area (Å²) >= 11 is 0. The smallest absolute Gasteiger partial charge is 0.326 e. The predicted molar refractivity (Wildman–Crippen MR) is 156 cm³/mol. The number of rotatable bonds is 8. The van der Waals surface area contributed by atoms with Gasteiger partial charge in [-0.1, -0.05) is 25.1 Å². The fraction of sp³-hybridized carbons (Fsp3) is 0.414. The number of carbonyl (C=O) groups is 2. The van der Waals surface area contributed by atoms with Crippen molar-refractivity contribution in [2.75, 3.05) is 49.1 Å². The Kier molecular flexibility index (Phi) is 7.45. The van der Waals surface area contributed by atoms with Gasteiger partial charge < -0.3 is 34.8 Å². The van der Waals surface area contributed by atoms with E-state index in [9.17, 15) is 14.7 Å². The zero-order chi connectivity index (χ0) is 28.3. The number of H-pyrrole nitrogens is 1. The second kappa shape index (κ2) is 11.5. The zero-order valence-electron chi connectivity index (χ0n) is 23.0. The Morgan fingerprint density at radius 1 is 1.12 bits per heavy atom. The van der Waals surface area contributed by atoms with E-state index in [0.29, 0.717) is 39.2 Å². The number of hydrogen-bond acceptors (Lipinski definition) is 8. The van der Waals surface area contributed by atoms with Crippen molar-refractivity contribution >= 4 is 45.4 Å². The summed E-state index contributed by atoms with van der Waals surface area (Å²) in [6, 6.07) is 11.4. The van der Waals surface area contributed by atoms with Gasteiger partial charge in [0.2, 0.25) is 0 Å². The van der Waals surface area contributed by atoms with Crippen LogP contribution in [0.2, 0.25) is 0 Å². The molecule has 2 fully saturated rings. The number of urea groups is 1. The first-order valence-electron chi connectivity index (χ1n) is 14.1. The summed E-state index contributed by atoms with van der Waals surface area (Å²) in [5.41, 5.74) is 2.57. The van der Waals surface area contributed by atoms with Crippen molar-refractivity contribution in [3.05, 3.63) is 49.1 Å². The highest BCUT2D eigenvalue weighted by molar-refractivity contribution is 5.91. The fourth-order valence-corrected chi connectivity index (χ4v) is 5.74. The second-order valence-corrected chi connectivity index (χ2v) is 10.5. The van der Waals surface area contributed by atoms with Crippen LogP contribution in [0.1, 0.15) is 26.2 Å². The summed E-state index contributed by atoms with van der Waals surface area (Å²) in [6.45, 7) is 5.51. The summed E-state index contributed by atoms with van der Waals surface area (Å²) in [6.07, 6.45) is 5.63. The van der Waals surface area contributed by atoms with Gasteiger partial charge in [0.1, 0.15) is 30.2 Å². The van der Waals surface area contributed by atoms with E-state index in [-0.39, 0.29) is 12.1 Å². The Morgan fingerprint density at radius 2 is 1.98 bits per heavy atom. The van der Waals surface area contributed by atoms with Crippen LogP contribution in [-0.2, 0) is 4.79 Å². The first-order valence-corrected chi connectivity index (χ1v) is 14.1. The van der Waals surface area contributed by atoms with Gasteiger partial charge >= 0.3 is 12.0 Å². The predicted octanol–water partition coefficient (Wildman–Crippen LogP) is 3.25. The molecule has 0 radical (unpaired) electrons. The number of fused-ring (bicyclic) bond motifs is 2. The van der Waals surface area contributed by atoms with Gasteiger partial charge in [0, 0.05) is 43.8 Å². The van der Waals surface area contributed by atoms with E-state index in [4.69, 9.17) is 4.74 Å². The molecule has 41 heavy (non-hydrogen) atoms. The van der Waals surface area contributed by atoms with E-state index in [1.165, 1.54) is 0 Å². The summed E-state index contributed by atoms with van der Waals surface area (Å²) in [5.74, 6) is 0.656. The van der Waals surface area contributed by atoms with Crippen molar-refractivity contribution < 1.29 is 19.4 Å². The van der Waals surface area contributed by atoms with E-state index in [1.54, 1.807) is 24.5 Å². The normalized spacial score (nSPS) is 18.2. The Hall–Kier alpha value is -4.61. The van der Waals surface area contributed by atoms with E-state index >= 15 is 0 Å². The molecule has 0 aliphatic carbocycles. The van der Waals surface area contributed by atoms with Crippen molar-refractivity contribution in [1.82, 2.24) is 30.2 Å². The maximum Gasteiger partial charge on any atom is 0.326 e. The molecule has 214 valence electrons. The summed E-state index contributed by atoms with van der Waals surface area (Å²) in [7, 11) is 0. The summed E-state index contributed by atoms with van der Waals surface area (Å²) in [5, 5.41) is 14.0. The quantitative estimate of drug-likeness (QED) is 0.297.